The second kappa shape index (κ2) is 11.2. The number of esters is 1. The number of nitrogens with zero attached hydrogens (tertiary/aromatic N) is 1. The van der Waals surface area contributed by atoms with Gasteiger partial charge in [0.1, 0.15) is 5.69 Å². The molecule has 3 rings (SSSR count). The van der Waals surface area contributed by atoms with E-state index in [0.717, 1.165) is 16.8 Å². The standard InChI is InChI=1S/C23H24N2O4S/c1-2-28-20(27)14-9-15-24-19(26)16-30-23-25-21(17-10-5-3-6-11-17)22(29-23)18-12-7-4-8-13-18/h3-8,10-13H,2,9,14-16H2,1H3,(H,24,26). The van der Waals surface area contributed by atoms with Gasteiger partial charge < -0.3 is 14.5 Å². The van der Waals surface area contributed by atoms with Gasteiger partial charge in [0.2, 0.25) is 5.91 Å². The first-order valence-corrected chi connectivity index (χ1v) is 10.8. The fourth-order valence-corrected chi connectivity index (χ4v) is 3.47. The molecule has 156 valence electrons. The number of amides is 1. The molecule has 2 aromatic carbocycles. The first kappa shape index (κ1) is 21.6. The zero-order valence-electron chi connectivity index (χ0n) is 16.8. The van der Waals surface area contributed by atoms with E-state index >= 15 is 0 Å². The maximum atomic E-state index is 12.1. The number of oxazole rings is 1. The molecule has 0 spiro atoms. The van der Waals surface area contributed by atoms with E-state index in [0.29, 0.717) is 37.0 Å². The number of hydrogen-bond acceptors (Lipinski definition) is 6. The molecular weight excluding hydrogens is 400 g/mol. The summed E-state index contributed by atoms with van der Waals surface area (Å²) in [5, 5.41) is 3.24. The maximum Gasteiger partial charge on any atom is 0.305 e. The van der Waals surface area contributed by atoms with Crippen LogP contribution in [0.15, 0.2) is 70.3 Å². The molecule has 0 bridgehead atoms. The summed E-state index contributed by atoms with van der Waals surface area (Å²) in [5.74, 6) is 0.481. The number of thioether (sulfide) groups is 1. The van der Waals surface area contributed by atoms with Crippen LogP contribution in [-0.4, -0.2) is 35.8 Å². The van der Waals surface area contributed by atoms with E-state index in [9.17, 15) is 9.59 Å². The van der Waals surface area contributed by atoms with Crippen molar-refractivity contribution in [3.63, 3.8) is 0 Å². The Bertz CT molecular complexity index is 901. The van der Waals surface area contributed by atoms with E-state index in [1.807, 2.05) is 60.7 Å². The summed E-state index contributed by atoms with van der Waals surface area (Å²) in [4.78, 5) is 28.0. The summed E-state index contributed by atoms with van der Waals surface area (Å²) in [6.07, 6.45) is 0.840. The summed E-state index contributed by atoms with van der Waals surface area (Å²) in [6, 6.07) is 19.6. The lowest BCUT2D eigenvalue weighted by Crippen LogP contribution is -2.26. The van der Waals surface area contributed by atoms with Gasteiger partial charge in [-0.15, -0.1) is 0 Å². The molecule has 6 nitrogen and oxygen atoms in total. The van der Waals surface area contributed by atoms with Crippen molar-refractivity contribution in [1.82, 2.24) is 10.3 Å². The van der Waals surface area contributed by atoms with E-state index in [1.54, 1.807) is 6.92 Å². The fourth-order valence-electron chi connectivity index (χ4n) is 2.81. The SMILES string of the molecule is CCOC(=O)CCCNC(=O)CSc1nc(-c2ccccc2)c(-c2ccccc2)o1. The third-order valence-corrected chi connectivity index (χ3v) is 5.03. The second-order valence-electron chi connectivity index (χ2n) is 6.44. The van der Waals surface area contributed by atoms with E-state index in [4.69, 9.17) is 9.15 Å². The molecule has 0 atom stereocenters. The highest BCUT2D eigenvalue weighted by atomic mass is 32.2. The highest BCUT2D eigenvalue weighted by Crippen LogP contribution is 2.35. The van der Waals surface area contributed by atoms with Crippen LogP contribution in [0.25, 0.3) is 22.6 Å². The Labute approximate surface area is 180 Å². The monoisotopic (exact) mass is 424 g/mol. The molecule has 0 saturated heterocycles. The van der Waals surface area contributed by atoms with E-state index in [-0.39, 0.29) is 17.6 Å². The minimum Gasteiger partial charge on any atom is -0.466 e. The Balaban J connectivity index is 1.61. The van der Waals surface area contributed by atoms with Crippen molar-refractivity contribution < 1.29 is 18.7 Å². The summed E-state index contributed by atoms with van der Waals surface area (Å²) in [7, 11) is 0. The molecule has 1 aromatic heterocycles. The second-order valence-corrected chi connectivity index (χ2v) is 7.36. The topological polar surface area (TPSA) is 81.4 Å². The van der Waals surface area contributed by atoms with Gasteiger partial charge >= 0.3 is 5.97 Å². The van der Waals surface area contributed by atoms with Crippen LogP contribution in [0.5, 0.6) is 0 Å². The molecule has 30 heavy (non-hydrogen) atoms. The van der Waals surface area contributed by atoms with Gasteiger partial charge in [0, 0.05) is 24.1 Å². The van der Waals surface area contributed by atoms with Crippen LogP contribution in [-0.2, 0) is 14.3 Å². The number of carbonyl (C=O) groups is 2. The Morgan fingerprint density at radius 1 is 1.03 bits per heavy atom. The number of ether oxygens (including phenoxy) is 1. The Kier molecular flexibility index (Phi) is 8.09. The van der Waals surface area contributed by atoms with Gasteiger partial charge in [-0.3, -0.25) is 9.59 Å². The normalized spacial score (nSPS) is 10.6. The van der Waals surface area contributed by atoms with Crippen LogP contribution in [0, 0.1) is 0 Å². The lowest BCUT2D eigenvalue weighted by molar-refractivity contribution is -0.143. The summed E-state index contributed by atoms with van der Waals surface area (Å²) in [5.41, 5.74) is 2.63. The number of aromatic nitrogens is 1. The molecule has 0 unspecified atom stereocenters. The van der Waals surface area contributed by atoms with Gasteiger partial charge in [-0.25, -0.2) is 4.98 Å². The van der Waals surface area contributed by atoms with E-state index in [1.165, 1.54) is 11.8 Å². The van der Waals surface area contributed by atoms with Gasteiger partial charge in [0.25, 0.3) is 5.22 Å². The lowest BCUT2D eigenvalue weighted by Gasteiger charge is -2.04. The zero-order chi connectivity index (χ0) is 21.2. The molecule has 0 aliphatic carbocycles. The minimum absolute atomic E-state index is 0.135. The van der Waals surface area contributed by atoms with Crippen molar-refractivity contribution in [2.45, 2.75) is 25.0 Å². The van der Waals surface area contributed by atoms with Gasteiger partial charge in [-0.2, -0.15) is 0 Å². The Morgan fingerprint density at radius 3 is 2.37 bits per heavy atom. The highest BCUT2D eigenvalue weighted by molar-refractivity contribution is 7.99. The maximum absolute atomic E-state index is 12.1. The van der Waals surface area contributed by atoms with Crippen LogP contribution >= 0.6 is 11.8 Å². The fraction of sp³-hybridized carbons (Fsp3) is 0.261. The predicted octanol–water partition coefficient (Wildman–Crippen LogP) is 4.56. The number of rotatable bonds is 10. The predicted molar refractivity (Wildman–Crippen MR) is 117 cm³/mol. The van der Waals surface area contributed by atoms with Crippen LogP contribution in [0.1, 0.15) is 19.8 Å². The Morgan fingerprint density at radius 2 is 1.70 bits per heavy atom. The van der Waals surface area contributed by atoms with Crippen LogP contribution in [0.3, 0.4) is 0 Å². The first-order chi connectivity index (χ1) is 14.7. The molecule has 1 amide bonds. The van der Waals surface area contributed by atoms with Gasteiger partial charge in [0.05, 0.1) is 12.4 Å². The molecule has 0 aliphatic heterocycles. The molecule has 3 aromatic rings. The van der Waals surface area contributed by atoms with Crippen LogP contribution in [0.4, 0.5) is 0 Å². The zero-order valence-corrected chi connectivity index (χ0v) is 17.6. The third-order valence-electron chi connectivity index (χ3n) is 4.20. The molecule has 0 radical (unpaired) electrons. The number of hydrogen-bond donors (Lipinski definition) is 1. The van der Waals surface area contributed by atoms with Crippen molar-refractivity contribution >= 4 is 23.6 Å². The van der Waals surface area contributed by atoms with Crippen molar-refractivity contribution in [3.8, 4) is 22.6 Å². The van der Waals surface area contributed by atoms with Gasteiger partial charge in [-0.1, -0.05) is 72.4 Å². The molecule has 0 aliphatic rings. The van der Waals surface area contributed by atoms with Crippen LogP contribution < -0.4 is 5.32 Å². The van der Waals surface area contributed by atoms with E-state index < -0.39 is 0 Å². The highest BCUT2D eigenvalue weighted by Gasteiger charge is 2.17. The molecular formula is C23H24N2O4S. The minimum atomic E-state index is -0.247. The van der Waals surface area contributed by atoms with Crippen LogP contribution in [0.2, 0.25) is 0 Å². The number of carbonyl (C=O) groups excluding carboxylic acids is 2. The average Bonchev–Trinajstić information content (AvgIpc) is 3.21. The van der Waals surface area contributed by atoms with Gasteiger partial charge in [-0.05, 0) is 13.3 Å². The first-order valence-electron chi connectivity index (χ1n) is 9.84. The van der Waals surface area contributed by atoms with Gasteiger partial charge in [0.15, 0.2) is 5.76 Å². The number of benzene rings is 2. The summed E-state index contributed by atoms with van der Waals surface area (Å²) in [6.45, 7) is 2.56. The molecule has 7 heteroatoms. The summed E-state index contributed by atoms with van der Waals surface area (Å²) < 4.78 is 10.9. The molecule has 1 N–H and O–H groups in total. The Hall–Kier alpha value is -3.06. The lowest BCUT2D eigenvalue weighted by atomic mass is 10.1. The smallest absolute Gasteiger partial charge is 0.305 e. The van der Waals surface area contributed by atoms with Crippen molar-refractivity contribution in [2.24, 2.45) is 0 Å². The third kappa shape index (κ3) is 6.22. The molecule has 1 heterocycles. The molecule has 0 saturated carbocycles. The summed E-state index contributed by atoms with van der Waals surface area (Å²) >= 11 is 1.24. The van der Waals surface area contributed by atoms with Crippen molar-refractivity contribution in [1.29, 1.82) is 0 Å². The van der Waals surface area contributed by atoms with Crippen molar-refractivity contribution in [3.05, 3.63) is 60.7 Å². The quantitative estimate of drug-likeness (QED) is 0.292. The van der Waals surface area contributed by atoms with Crippen molar-refractivity contribution in [2.75, 3.05) is 18.9 Å². The van der Waals surface area contributed by atoms with E-state index in [2.05, 4.69) is 10.3 Å². The number of nitrogens with one attached hydrogen (secondary N) is 1. The molecule has 0 fully saturated rings. The average molecular weight is 425 g/mol. The largest absolute Gasteiger partial charge is 0.466 e.